The molecule has 4 N–H and O–H groups in total. The van der Waals surface area contributed by atoms with E-state index in [1.165, 1.54) is 6.92 Å². The highest BCUT2D eigenvalue weighted by Crippen LogP contribution is 2.15. The van der Waals surface area contributed by atoms with Gasteiger partial charge in [0.1, 0.15) is 17.6 Å². The molecule has 1 aromatic heterocycles. The molecule has 0 saturated carbocycles. The largest absolute Gasteiger partial charge is 0.464 e. The second-order valence-corrected chi connectivity index (χ2v) is 5.39. The minimum atomic E-state index is -1.04. The van der Waals surface area contributed by atoms with Crippen molar-refractivity contribution in [1.29, 1.82) is 0 Å². The van der Waals surface area contributed by atoms with Gasteiger partial charge in [-0.15, -0.1) is 0 Å². The zero-order chi connectivity index (χ0) is 18.4. The summed E-state index contributed by atoms with van der Waals surface area (Å²) in [5.74, 6) is -1.00. The summed E-state index contributed by atoms with van der Waals surface area (Å²) >= 11 is 0. The SMILES string of the molecule is CC(=O)Nc1ccc(NC(=O)C(=O)NCC(O)c2ccc(C)o2)cc1. The molecule has 0 fully saturated rings. The molecule has 8 nitrogen and oxygen atoms in total. The third-order valence-corrected chi connectivity index (χ3v) is 3.21. The zero-order valence-corrected chi connectivity index (χ0v) is 13.8. The minimum absolute atomic E-state index is 0.152. The number of furan rings is 1. The molecule has 0 radical (unpaired) electrons. The van der Waals surface area contributed by atoms with Gasteiger partial charge in [0.2, 0.25) is 5.91 Å². The lowest BCUT2D eigenvalue weighted by molar-refractivity contribution is -0.136. The van der Waals surface area contributed by atoms with Crippen molar-refractivity contribution in [2.75, 3.05) is 17.2 Å². The lowest BCUT2D eigenvalue weighted by Gasteiger charge is -2.10. The average Bonchev–Trinajstić information content (AvgIpc) is 3.00. The maximum absolute atomic E-state index is 11.8. The lowest BCUT2D eigenvalue weighted by Crippen LogP contribution is -2.37. The molecule has 1 aromatic carbocycles. The van der Waals surface area contributed by atoms with E-state index >= 15 is 0 Å². The maximum atomic E-state index is 11.8. The molecule has 2 rings (SSSR count). The fourth-order valence-electron chi connectivity index (χ4n) is 2.03. The third-order valence-electron chi connectivity index (χ3n) is 3.21. The monoisotopic (exact) mass is 345 g/mol. The standard InChI is InChI=1S/C17H19N3O5/c1-10-3-8-15(25-10)14(22)9-18-16(23)17(24)20-13-6-4-12(5-7-13)19-11(2)21/h3-8,14,22H,9H2,1-2H3,(H,18,23)(H,19,21)(H,20,24). The Morgan fingerprint density at radius 2 is 1.60 bits per heavy atom. The number of nitrogens with one attached hydrogen (secondary N) is 3. The number of aryl methyl sites for hydroxylation is 1. The van der Waals surface area contributed by atoms with Gasteiger partial charge in [0, 0.05) is 18.3 Å². The van der Waals surface area contributed by atoms with Gasteiger partial charge >= 0.3 is 11.8 Å². The molecule has 0 spiro atoms. The van der Waals surface area contributed by atoms with Gasteiger partial charge in [0.15, 0.2) is 0 Å². The summed E-state index contributed by atoms with van der Waals surface area (Å²) in [5.41, 5.74) is 0.975. The van der Waals surface area contributed by atoms with E-state index < -0.39 is 17.9 Å². The Kier molecular flexibility index (Phi) is 5.91. The van der Waals surface area contributed by atoms with Gasteiger partial charge in [-0.2, -0.15) is 0 Å². The van der Waals surface area contributed by atoms with Crippen LogP contribution in [0.25, 0.3) is 0 Å². The number of hydrogen-bond acceptors (Lipinski definition) is 5. The van der Waals surface area contributed by atoms with Crippen molar-refractivity contribution in [2.24, 2.45) is 0 Å². The molecular weight excluding hydrogens is 326 g/mol. The number of hydrogen-bond donors (Lipinski definition) is 4. The summed E-state index contributed by atoms with van der Waals surface area (Å²) in [6.45, 7) is 2.97. The Balaban J connectivity index is 1.83. The van der Waals surface area contributed by atoms with Crippen molar-refractivity contribution in [3.8, 4) is 0 Å². The van der Waals surface area contributed by atoms with Crippen LogP contribution in [0.15, 0.2) is 40.8 Å². The Labute approximate surface area is 144 Å². The van der Waals surface area contributed by atoms with Gasteiger partial charge in [-0.1, -0.05) is 0 Å². The number of rotatable bonds is 5. The van der Waals surface area contributed by atoms with E-state index in [-0.39, 0.29) is 12.5 Å². The highest BCUT2D eigenvalue weighted by atomic mass is 16.4. The number of carbonyl (C=O) groups is 3. The van der Waals surface area contributed by atoms with Crippen molar-refractivity contribution < 1.29 is 23.9 Å². The van der Waals surface area contributed by atoms with Crippen molar-refractivity contribution in [3.63, 3.8) is 0 Å². The molecule has 8 heteroatoms. The fourth-order valence-corrected chi connectivity index (χ4v) is 2.03. The van der Waals surface area contributed by atoms with Crippen LogP contribution in [-0.2, 0) is 14.4 Å². The molecule has 1 unspecified atom stereocenters. The summed E-state index contributed by atoms with van der Waals surface area (Å²) in [4.78, 5) is 34.5. The third kappa shape index (κ3) is 5.47. The van der Waals surface area contributed by atoms with Gasteiger partial charge < -0.3 is 25.5 Å². The molecule has 25 heavy (non-hydrogen) atoms. The van der Waals surface area contributed by atoms with E-state index in [0.717, 1.165) is 0 Å². The van der Waals surface area contributed by atoms with Gasteiger partial charge in [0.25, 0.3) is 0 Å². The molecule has 1 heterocycles. The predicted molar refractivity (Wildman–Crippen MR) is 90.8 cm³/mol. The number of carbonyl (C=O) groups excluding carboxylic acids is 3. The summed E-state index contributed by atoms with van der Waals surface area (Å²) in [7, 11) is 0. The van der Waals surface area contributed by atoms with Crippen LogP contribution in [0.3, 0.4) is 0 Å². The van der Waals surface area contributed by atoms with E-state index in [1.54, 1.807) is 43.3 Å². The van der Waals surface area contributed by atoms with Gasteiger partial charge in [-0.25, -0.2) is 0 Å². The number of benzene rings is 1. The Morgan fingerprint density at radius 3 is 2.12 bits per heavy atom. The van der Waals surface area contributed by atoms with E-state index in [9.17, 15) is 19.5 Å². The van der Waals surface area contributed by atoms with Crippen LogP contribution >= 0.6 is 0 Å². The molecule has 0 aliphatic rings. The number of amides is 3. The van der Waals surface area contributed by atoms with Crippen molar-refractivity contribution in [2.45, 2.75) is 20.0 Å². The molecule has 2 aromatic rings. The van der Waals surface area contributed by atoms with Crippen LogP contribution in [0.2, 0.25) is 0 Å². The van der Waals surface area contributed by atoms with Crippen LogP contribution < -0.4 is 16.0 Å². The molecule has 0 aliphatic heterocycles. The Hall–Kier alpha value is -3.13. The average molecular weight is 345 g/mol. The summed E-state index contributed by atoms with van der Waals surface area (Å²) < 4.78 is 5.24. The minimum Gasteiger partial charge on any atom is -0.464 e. The maximum Gasteiger partial charge on any atom is 0.313 e. The van der Waals surface area contributed by atoms with Gasteiger partial charge in [-0.3, -0.25) is 14.4 Å². The number of aliphatic hydroxyl groups is 1. The molecule has 3 amide bonds. The molecule has 0 bridgehead atoms. The van der Waals surface area contributed by atoms with Crippen LogP contribution in [0, 0.1) is 6.92 Å². The van der Waals surface area contributed by atoms with Crippen molar-refractivity contribution in [1.82, 2.24) is 5.32 Å². The van der Waals surface area contributed by atoms with E-state index in [0.29, 0.717) is 22.9 Å². The topological polar surface area (TPSA) is 121 Å². The first-order chi connectivity index (χ1) is 11.8. The summed E-state index contributed by atoms with van der Waals surface area (Å²) in [6.07, 6.45) is -1.04. The smallest absolute Gasteiger partial charge is 0.313 e. The van der Waals surface area contributed by atoms with Crippen LogP contribution in [0.4, 0.5) is 11.4 Å². The van der Waals surface area contributed by atoms with Crippen LogP contribution in [0.1, 0.15) is 24.5 Å². The highest BCUT2D eigenvalue weighted by Gasteiger charge is 2.17. The van der Waals surface area contributed by atoms with Crippen LogP contribution in [-0.4, -0.2) is 29.4 Å². The summed E-state index contributed by atoms with van der Waals surface area (Å²) in [6, 6.07) is 9.59. The predicted octanol–water partition coefficient (Wildman–Crippen LogP) is 1.33. The second-order valence-electron chi connectivity index (χ2n) is 5.39. The Bertz CT molecular complexity index is 767. The first kappa shape index (κ1) is 18.2. The normalized spacial score (nSPS) is 11.5. The Morgan fingerprint density at radius 1 is 1.00 bits per heavy atom. The van der Waals surface area contributed by atoms with Crippen molar-refractivity contribution >= 4 is 29.1 Å². The van der Waals surface area contributed by atoms with E-state index in [2.05, 4.69) is 16.0 Å². The second kappa shape index (κ2) is 8.11. The molecule has 0 aliphatic carbocycles. The van der Waals surface area contributed by atoms with E-state index in [1.807, 2.05) is 0 Å². The molecule has 1 atom stereocenters. The number of aliphatic hydroxyl groups excluding tert-OH is 1. The number of anilines is 2. The summed E-state index contributed by atoms with van der Waals surface area (Å²) in [5, 5.41) is 17.2. The molecule has 132 valence electrons. The van der Waals surface area contributed by atoms with Crippen LogP contribution in [0.5, 0.6) is 0 Å². The van der Waals surface area contributed by atoms with E-state index in [4.69, 9.17) is 4.42 Å². The van der Waals surface area contributed by atoms with Gasteiger partial charge in [-0.05, 0) is 43.3 Å². The highest BCUT2D eigenvalue weighted by molar-refractivity contribution is 6.39. The van der Waals surface area contributed by atoms with Crippen molar-refractivity contribution in [3.05, 3.63) is 47.9 Å². The molecular formula is C17H19N3O5. The quantitative estimate of drug-likeness (QED) is 0.609. The molecule has 0 saturated heterocycles. The van der Waals surface area contributed by atoms with Gasteiger partial charge in [0.05, 0.1) is 6.54 Å². The lowest BCUT2D eigenvalue weighted by atomic mass is 10.2. The first-order valence-corrected chi connectivity index (χ1v) is 7.56. The first-order valence-electron chi connectivity index (χ1n) is 7.56. The zero-order valence-electron chi connectivity index (χ0n) is 13.8. The fraction of sp³-hybridized carbons (Fsp3) is 0.235.